The summed E-state index contributed by atoms with van der Waals surface area (Å²) >= 11 is 1.47. The van der Waals surface area contributed by atoms with Gasteiger partial charge in [0.15, 0.2) is 5.16 Å². The van der Waals surface area contributed by atoms with E-state index in [0.29, 0.717) is 18.8 Å². The molecular weight excluding hydrogens is 440 g/mol. The number of benzene rings is 3. The van der Waals surface area contributed by atoms with Gasteiger partial charge in [-0.05, 0) is 30.0 Å². The molecule has 0 radical (unpaired) electrons. The molecule has 0 atom stereocenters. The zero-order valence-electron chi connectivity index (χ0n) is 19.5. The Balaban J connectivity index is 1.42. The molecule has 1 aromatic heterocycles. The zero-order chi connectivity index (χ0) is 23.6. The Morgan fingerprint density at radius 1 is 0.824 bits per heavy atom. The van der Waals surface area contributed by atoms with Crippen LogP contribution in [-0.2, 0) is 30.7 Å². The number of hydrogen-bond donors (Lipinski definition) is 0. The van der Waals surface area contributed by atoms with Crippen molar-refractivity contribution in [2.24, 2.45) is 0 Å². The van der Waals surface area contributed by atoms with Gasteiger partial charge in [-0.3, -0.25) is 4.79 Å². The van der Waals surface area contributed by atoms with Crippen molar-refractivity contribution in [2.45, 2.75) is 38.0 Å². The largest absolute Gasteiger partial charge is 0.337 e. The molecule has 0 aliphatic carbocycles. The molecule has 3 aromatic carbocycles. The lowest BCUT2D eigenvalue weighted by Crippen LogP contribution is -2.34. The molecule has 34 heavy (non-hydrogen) atoms. The number of thioether (sulfide) groups is 1. The fourth-order valence-electron chi connectivity index (χ4n) is 3.87. The lowest BCUT2D eigenvalue weighted by molar-refractivity contribution is -0.128. The van der Waals surface area contributed by atoms with Crippen LogP contribution in [0.3, 0.4) is 0 Å². The summed E-state index contributed by atoms with van der Waals surface area (Å²) in [6.07, 6.45) is 1.56. The molecule has 0 spiro atoms. The topological polar surface area (TPSA) is 51.0 Å². The summed E-state index contributed by atoms with van der Waals surface area (Å²) in [7, 11) is 0. The van der Waals surface area contributed by atoms with Crippen molar-refractivity contribution in [3.63, 3.8) is 0 Å². The first-order valence-corrected chi connectivity index (χ1v) is 12.7. The highest BCUT2D eigenvalue weighted by Gasteiger charge is 2.18. The van der Waals surface area contributed by atoms with Gasteiger partial charge in [-0.1, -0.05) is 103 Å². The molecule has 0 saturated heterocycles. The van der Waals surface area contributed by atoms with Gasteiger partial charge in [0, 0.05) is 26.1 Å². The molecule has 5 nitrogen and oxygen atoms in total. The fraction of sp³-hybridized carbons (Fsp3) is 0.250. The summed E-state index contributed by atoms with van der Waals surface area (Å²) in [4.78, 5) is 15.2. The maximum Gasteiger partial charge on any atom is 0.233 e. The Morgan fingerprint density at radius 2 is 1.41 bits per heavy atom. The number of carbonyl (C=O) groups excluding carboxylic acids is 1. The van der Waals surface area contributed by atoms with E-state index in [4.69, 9.17) is 0 Å². The summed E-state index contributed by atoms with van der Waals surface area (Å²) in [5.41, 5.74) is 3.57. The van der Waals surface area contributed by atoms with Crippen molar-refractivity contribution >= 4 is 17.7 Å². The van der Waals surface area contributed by atoms with E-state index in [2.05, 4.69) is 58.1 Å². The third-order valence-corrected chi connectivity index (χ3v) is 6.67. The molecule has 0 N–H and O–H groups in total. The van der Waals surface area contributed by atoms with Gasteiger partial charge in [0.2, 0.25) is 5.91 Å². The predicted molar refractivity (Wildman–Crippen MR) is 138 cm³/mol. The highest BCUT2D eigenvalue weighted by molar-refractivity contribution is 7.99. The molecule has 0 unspecified atom stereocenters. The molecule has 6 heteroatoms. The van der Waals surface area contributed by atoms with Crippen LogP contribution in [0.2, 0.25) is 0 Å². The van der Waals surface area contributed by atoms with Gasteiger partial charge in [0.1, 0.15) is 5.82 Å². The van der Waals surface area contributed by atoms with E-state index >= 15 is 0 Å². The minimum Gasteiger partial charge on any atom is -0.337 e. The second-order valence-corrected chi connectivity index (χ2v) is 9.07. The van der Waals surface area contributed by atoms with Crippen LogP contribution in [0.15, 0.2) is 96.2 Å². The van der Waals surface area contributed by atoms with E-state index in [1.807, 2.05) is 59.5 Å². The monoisotopic (exact) mass is 470 g/mol. The summed E-state index contributed by atoms with van der Waals surface area (Å²) in [6.45, 7) is 4.14. The van der Waals surface area contributed by atoms with Gasteiger partial charge in [0.25, 0.3) is 0 Å². The van der Waals surface area contributed by atoms with E-state index in [1.165, 1.54) is 22.9 Å². The number of nitrogens with zero attached hydrogens (tertiary/aromatic N) is 4. The third kappa shape index (κ3) is 6.58. The lowest BCUT2D eigenvalue weighted by Gasteiger charge is -2.23. The van der Waals surface area contributed by atoms with Crippen LogP contribution in [0.25, 0.3) is 0 Å². The summed E-state index contributed by atoms with van der Waals surface area (Å²) in [6, 6.07) is 30.8. The molecule has 4 rings (SSSR count). The van der Waals surface area contributed by atoms with Crippen molar-refractivity contribution in [1.29, 1.82) is 0 Å². The highest BCUT2D eigenvalue weighted by Crippen LogP contribution is 2.20. The molecule has 174 valence electrons. The molecule has 0 aliphatic heterocycles. The third-order valence-electron chi connectivity index (χ3n) is 5.72. The van der Waals surface area contributed by atoms with Crippen molar-refractivity contribution in [1.82, 2.24) is 19.7 Å². The van der Waals surface area contributed by atoms with Crippen LogP contribution >= 0.6 is 11.8 Å². The van der Waals surface area contributed by atoms with Gasteiger partial charge >= 0.3 is 0 Å². The predicted octanol–water partition coefficient (Wildman–Crippen LogP) is 5.25. The minimum atomic E-state index is 0.111. The van der Waals surface area contributed by atoms with E-state index in [0.717, 1.165) is 35.9 Å². The molecule has 4 aromatic rings. The first-order chi connectivity index (χ1) is 16.7. The average Bonchev–Trinajstić information content (AvgIpc) is 3.28. The van der Waals surface area contributed by atoms with Crippen LogP contribution in [0.5, 0.6) is 0 Å². The fourth-order valence-corrected chi connectivity index (χ4v) is 4.80. The number of aromatic nitrogens is 3. The molecule has 0 fully saturated rings. The second-order valence-electron chi connectivity index (χ2n) is 8.13. The Morgan fingerprint density at radius 3 is 2.03 bits per heavy atom. The maximum absolute atomic E-state index is 13.3. The molecule has 0 aliphatic rings. The van der Waals surface area contributed by atoms with Crippen molar-refractivity contribution < 1.29 is 4.79 Å². The van der Waals surface area contributed by atoms with Crippen molar-refractivity contribution in [3.05, 3.63) is 114 Å². The van der Waals surface area contributed by atoms with Gasteiger partial charge in [-0.15, -0.1) is 10.2 Å². The number of carbonyl (C=O) groups is 1. The van der Waals surface area contributed by atoms with E-state index < -0.39 is 0 Å². The van der Waals surface area contributed by atoms with Crippen LogP contribution in [0.1, 0.15) is 29.4 Å². The second kappa shape index (κ2) is 12.2. The van der Waals surface area contributed by atoms with Gasteiger partial charge in [0.05, 0.1) is 5.75 Å². The quantitative estimate of drug-likeness (QED) is 0.281. The highest BCUT2D eigenvalue weighted by atomic mass is 32.2. The molecule has 1 heterocycles. The maximum atomic E-state index is 13.3. The Kier molecular flexibility index (Phi) is 8.52. The first kappa shape index (κ1) is 23.8. The Hall–Kier alpha value is -3.38. The number of hydrogen-bond acceptors (Lipinski definition) is 4. The van der Waals surface area contributed by atoms with Crippen LogP contribution in [0.4, 0.5) is 0 Å². The van der Waals surface area contributed by atoms with Crippen LogP contribution in [0, 0.1) is 0 Å². The van der Waals surface area contributed by atoms with Crippen molar-refractivity contribution in [2.75, 3.05) is 12.3 Å². The zero-order valence-corrected chi connectivity index (χ0v) is 20.3. The normalized spacial score (nSPS) is 10.9. The van der Waals surface area contributed by atoms with Gasteiger partial charge in [-0.2, -0.15) is 0 Å². The average molecular weight is 471 g/mol. The Labute approximate surface area is 205 Å². The molecular formula is C28H30N4OS. The summed E-state index contributed by atoms with van der Waals surface area (Å²) in [5, 5.41) is 9.61. The van der Waals surface area contributed by atoms with Crippen molar-refractivity contribution in [3.8, 4) is 0 Å². The smallest absolute Gasteiger partial charge is 0.233 e. The van der Waals surface area contributed by atoms with Crippen LogP contribution < -0.4 is 0 Å². The number of amides is 1. The van der Waals surface area contributed by atoms with Gasteiger partial charge < -0.3 is 9.47 Å². The van der Waals surface area contributed by atoms with E-state index in [9.17, 15) is 4.79 Å². The summed E-state index contributed by atoms with van der Waals surface area (Å²) in [5.74, 6) is 1.37. The summed E-state index contributed by atoms with van der Waals surface area (Å²) < 4.78 is 2.11. The number of rotatable bonds is 11. The Bertz CT molecular complexity index is 1160. The molecule has 1 amide bonds. The lowest BCUT2D eigenvalue weighted by atomic mass is 10.1. The van der Waals surface area contributed by atoms with Gasteiger partial charge in [-0.25, -0.2) is 0 Å². The first-order valence-electron chi connectivity index (χ1n) is 11.7. The molecule has 0 saturated carbocycles. The van der Waals surface area contributed by atoms with E-state index in [-0.39, 0.29) is 5.91 Å². The minimum absolute atomic E-state index is 0.111. The van der Waals surface area contributed by atoms with Crippen LogP contribution in [-0.4, -0.2) is 37.9 Å². The SMILES string of the molecule is CCn1c(Cc2ccccc2)nnc1SCC(=O)N(CCc1ccccc1)Cc1ccccc1. The molecule has 0 bridgehead atoms. The van der Waals surface area contributed by atoms with E-state index in [1.54, 1.807) is 0 Å². The standard InChI is InChI=1S/C28H30N4OS/c1-2-32-26(20-24-14-8-4-9-15-24)29-30-28(32)34-22-27(33)31(21-25-16-10-5-11-17-25)19-18-23-12-6-3-7-13-23/h3-17H,2,18-22H2,1H3.